The SMILES string of the molecule is CN1[C@@H]2CC[C@H]1C[C@@H](Oc1ccc(NC(=O)C3CCC(c4ccc(Cl)cc4)CC3)cc1)C2. The minimum atomic E-state index is 0.0872. The molecule has 2 bridgehead atoms. The minimum absolute atomic E-state index is 0.0872. The van der Waals surface area contributed by atoms with Crippen molar-refractivity contribution in [3.05, 3.63) is 59.1 Å². The fraction of sp³-hybridized carbons (Fsp3) is 0.519. The van der Waals surface area contributed by atoms with Gasteiger partial charge in [0, 0.05) is 28.7 Å². The van der Waals surface area contributed by atoms with Crippen molar-refractivity contribution in [2.45, 2.75) is 75.5 Å². The van der Waals surface area contributed by atoms with E-state index in [1.807, 2.05) is 36.4 Å². The van der Waals surface area contributed by atoms with Crippen LogP contribution in [0.3, 0.4) is 0 Å². The van der Waals surface area contributed by atoms with E-state index in [2.05, 4.69) is 29.4 Å². The number of fused-ring (bicyclic) bond motifs is 2. The van der Waals surface area contributed by atoms with Gasteiger partial charge in [-0.25, -0.2) is 0 Å². The molecule has 2 aromatic carbocycles. The van der Waals surface area contributed by atoms with Gasteiger partial charge in [-0.3, -0.25) is 4.79 Å². The first-order valence-electron chi connectivity index (χ1n) is 12.1. The number of piperidine rings is 1. The number of ether oxygens (including phenoxy) is 1. The van der Waals surface area contributed by atoms with Gasteiger partial charge in [0.2, 0.25) is 5.91 Å². The first-order valence-corrected chi connectivity index (χ1v) is 12.5. The molecule has 4 nitrogen and oxygen atoms in total. The molecule has 0 aromatic heterocycles. The maximum Gasteiger partial charge on any atom is 0.227 e. The summed E-state index contributed by atoms with van der Waals surface area (Å²) in [5.74, 6) is 1.66. The molecule has 2 heterocycles. The van der Waals surface area contributed by atoms with E-state index >= 15 is 0 Å². The number of nitrogens with one attached hydrogen (secondary N) is 1. The van der Waals surface area contributed by atoms with Crippen LogP contribution in [0.2, 0.25) is 5.02 Å². The Morgan fingerprint density at radius 2 is 1.53 bits per heavy atom. The van der Waals surface area contributed by atoms with Crippen molar-refractivity contribution in [1.29, 1.82) is 0 Å². The topological polar surface area (TPSA) is 41.6 Å². The summed E-state index contributed by atoms with van der Waals surface area (Å²) < 4.78 is 6.27. The van der Waals surface area contributed by atoms with Crippen molar-refractivity contribution >= 4 is 23.2 Å². The maximum absolute atomic E-state index is 12.8. The van der Waals surface area contributed by atoms with Crippen molar-refractivity contribution in [3.63, 3.8) is 0 Å². The van der Waals surface area contributed by atoms with Crippen LogP contribution in [-0.4, -0.2) is 36.0 Å². The fourth-order valence-electron chi connectivity index (χ4n) is 5.94. The standard InChI is InChI=1S/C27H33ClN2O2/c1-30-23-12-13-24(30)17-26(16-23)32-25-14-10-22(11-15-25)29-27(31)20-4-2-18(3-5-20)19-6-8-21(28)9-7-19/h6-11,14-15,18,20,23-24,26H,2-5,12-13,16-17H2,1H3,(H,29,31)/t18?,20?,23-,24+,26+. The van der Waals surface area contributed by atoms with Crippen LogP contribution in [0.5, 0.6) is 5.75 Å². The third kappa shape index (κ3) is 4.82. The Morgan fingerprint density at radius 3 is 2.16 bits per heavy atom. The molecule has 5 rings (SSSR count). The van der Waals surface area contributed by atoms with Crippen molar-refractivity contribution < 1.29 is 9.53 Å². The Labute approximate surface area is 196 Å². The molecule has 32 heavy (non-hydrogen) atoms. The van der Waals surface area contributed by atoms with Gasteiger partial charge in [0.1, 0.15) is 11.9 Å². The first kappa shape index (κ1) is 21.8. The predicted octanol–water partition coefficient (Wildman–Crippen LogP) is 6.26. The van der Waals surface area contributed by atoms with Crippen LogP contribution in [0, 0.1) is 5.92 Å². The summed E-state index contributed by atoms with van der Waals surface area (Å²) in [6, 6.07) is 17.4. The highest BCUT2D eigenvalue weighted by atomic mass is 35.5. The summed E-state index contributed by atoms with van der Waals surface area (Å²) in [6.45, 7) is 0. The predicted molar refractivity (Wildman–Crippen MR) is 129 cm³/mol. The number of hydrogen-bond acceptors (Lipinski definition) is 3. The zero-order valence-corrected chi connectivity index (χ0v) is 19.6. The second kappa shape index (κ2) is 9.44. The van der Waals surface area contributed by atoms with E-state index in [9.17, 15) is 4.79 Å². The maximum atomic E-state index is 12.8. The van der Waals surface area contributed by atoms with Crippen molar-refractivity contribution in [1.82, 2.24) is 4.90 Å². The van der Waals surface area contributed by atoms with E-state index in [0.29, 0.717) is 24.1 Å². The normalized spacial score (nSPS) is 30.1. The third-order valence-electron chi connectivity index (χ3n) is 7.92. The molecular weight excluding hydrogens is 420 g/mol. The zero-order valence-electron chi connectivity index (χ0n) is 18.8. The van der Waals surface area contributed by atoms with Crippen LogP contribution in [0.4, 0.5) is 5.69 Å². The number of hydrogen-bond donors (Lipinski definition) is 1. The molecule has 1 saturated carbocycles. The summed E-state index contributed by atoms with van der Waals surface area (Å²) in [6.07, 6.45) is 9.09. The van der Waals surface area contributed by atoms with Crippen molar-refractivity contribution in [2.24, 2.45) is 5.92 Å². The highest BCUT2D eigenvalue weighted by molar-refractivity contribution is 6.30. The Balaban J connectivity index is 1.10. The molecule has 0 unspecified atom stereocenters. The number of carbonyl (C=O) groups is 1. The second-order valence-corrected chi connectivity index (χ2v) is 10.3. The summed E-state index contributed by atoms with van der Waals surface area (Å²) in [4.78, 5) is 15.3. The molecule has 2 aromatic rings. The quantitative estimate of drug-likeness (QED) is 0.582. The summed E-state index contributed by atoms with van der Waals surface area (Å²) in [7, 11) is 2.25. The van der Waals surface area contributed by atoms with Gasteiger partial charge in [0.25, 0.3) is 0 Å². The number of amides is 1. The van der Waals surface area contributed by atoms with E-state index in [-0.39, 0.29) is 11.8 Å². The summed E-state index contributed by atoms with van der Waals surface area (Å²) >= 11 is 6.01. The van der Waals surface area contributed by atoms with Crippen LogP contribution >= 0.6 is 11.6 Å². The van der Waals surface area contributed by atoms with E-state index in [0.717, 1.165) is 55.0 Å². The van der Waals surface area contributed by atoms with Gasteiger partial charge in [-0.15, -0.1) is 0 Å². The lowest BCUT2D eigenvalue weighted by atomic mass is 9.78. The molecular formula is C27H33ClN2O2. The number of nitrogens with zero attached hydrogens (tertiary/aromatic N) is 1. The highest BCUT2D eigenvalue weighted by Gasteiger charge is 2.39. The Kier molecular flexibility index (Phi) is 6.43. The lowest BCUT2D eigenvalue weighted by Gasteiger charge is -2.36. The molecule has 1 N–H and O–H groups in total. The molecule has 2 aliphatic heterocycles. The fourth-order valence-corrected chi connectivity index (χ4v) is 6.06. The second-order valence-electron chi connectivity index (χ2n) is 9.88. The molecule has 3 aliphatic rings. The lowest BCUT2D eigenvalue weighted by molar-refractivity contribution is -0.120. The molecule has 1 amide bonds. The van der Waals surface area contributed by atoms with E-state index in [4.69, 9.17) is 16.3 Å². The average molecular weight is 453 g/mol. The van der Waals surface area contributed by atoms with E-state index in [1.54, 1.807) is 0 Å². The molecule has 1 aliphatic carbocycles. The smallest absolute Gasteiger partial charge is 0.227 e. The van der Waals surface area contributed by atoms with Crippen LogP contribution in [0.1, 0.15) is 62.8 Å². The van der Waals surface area contributed by atoms with Crippen LogP contribution in [-0.2, 0) is 4.79 Å². The number of benzene rings is 2. The van der Waals surface area contributed by atoms with Crippen molar-refractivity contribution in [3.8, 4) is 5.75 Å². The Hall–Kier alpha value is -2.04. The first-order chi connectivity index (χ1) is 15.5. The van der Waals surface area contributed by atoms with Gasteiger partial charge in [0.05, 0.1) is 0 Å². The summed E-state index contributed by atoms with van der Waals surface area (Å²) in [5.41, 5.74) is 2.19. The number of carbonyl (C=O) groups excluding carboxylic acids is 1. The van der Waals surface area contributed by atoms with Gasteiger partial charge in [0.15, 0.2) is 0 Å². The Bertz CT molecular complexity index is 908. The number of halogens is 1. The van der Waals surface area contributed by atoms with E-state index < -0.39 is 0 Å². The van der Waals surface area contributed by atoms with Crippen LogP contribution in [0.15, 0.2) is 48.5 Å². The molecule has 2 saturated heterocycles. The van der Waals surface area contributed by atoms with E-state index in [1.165, 1.54) is 18.4 Å². The van der Waals surface area contributed by atoms with Crippen LogP contribution in [0.25, 0.3) is 0 Å². The average Bonchev–Trinajstić information content (AvgIpc) is 3.01. The minimum Gasteiger partial charge on any atom is -0.490 e. The largest absolute Gasteiger partial charge is 0.490 e. The molecule has 0 radical (unpaired) electrons. The molecule has 5 heteroatoms. The Morgan fingerprint density at radius 1 is 0.906 bits per heavy atom. The van der Waals surface area contributed by atoms with Gasteiger partial charge in [-0.05, 0) is 106 Å². The number of rotatable bonds is 5. The zero-order chi connectivity index (χ0) is 22.1. The molecule has 0 spiro atoms. The van der Waals surface area contributed by atoms with Gasteiger partial charge in [-0.1, -0.05) is 23.7 Å². The summed E-state index contributed by atoms with van der Waals surface area (Å²) in [5, 5.41) is 3.89. The molecule has 3 fully saturated rings. The number of anilines is 1. The lowest BCUT2D eigenvalue weighted by Crippen LogP contribution is -2.43. The van der Waals surface area contributed by atoms with Gasteiger partial charge < -0.3 is 15.0 Å². The van der Waals surface area contributed by atoms with Gasteiger partial charge in [-0.2, -0.15) is 0 Å². The van der Waals surface area contributed by atoms with Gasteiger partial charge >= 0.3 is 0 Å². The molecule has 3 atom stereocenters. The van der Waals surface area contributed by atoms with Crippen LogP contribution < -0.4 is 10.1 Å². The highest BCUT2D eigenvalue weighted by Crippen LogP contribution is 2.37. The van der Waals surface area contributed by atoms with Crippen molar-refractivity contribution in [2.75, 3.05) is 12.4 Å². The molecule has 170 valence electrons. The third-order valence-corrected chi connectivity index (χ3v) is 8.17. The monoisotopic (exact) mass is 452 g/mol.